The van der Waals surface area contributed by atoms with Crippen LogP contribution in [0.4, 0.5) is 5.69 Å². The van der Waals surface area contributed by atoms with Crippen LogP contribution in [-0.2, 0) is 10.1 Å². The number of phenols is 1. The van der Waals surface area contributed by atoms with Crippen LogP contribution in [0.25, 0.3) is 0 Å². The van der Waals surface area contributed by atoms with Crippen LogP contribution < -0.4 is 10.2 Å². The number of hydrazone groups is 1. The maximum absolute atomic E-state index is 10.8. The van der Waals surface area contributed by atoms with Crippen molar-refractivity contribution in [2.24, 2.45) is 5.10 Å². The van der Waals surface area contributed by atoms with E-state index >= 15 is 0 Å². The summed E-state index contributed by atoms with van der Waals surface area (Å²) in [6, 6.07) is 9.99. The van der Waals surface area contributed by atoms with Crippen LogP contribution in [0.1, 0.15) is 5.56 Å². The summed E-state index contributed by atoms with van der Waals surface area (Å²) in [6.45, 7) is 0. The van der Waals surface area contributed by atoms with E-state index in [-0.39, 0.29) is 10.6 Å². The molecule has 116 valence electrons. The van der Waals surface area contributed by atoms with Gasteiger partial charge in [-0.1, -0.05) is 0 Å². The quantitative estimate of drug-likeness (QED) is 0.493. The summed E-state index contributed by atoms with van der Waals surface area (Å²) >= 11 is 0. The number of ether oxygens (including phenoxy) is 1. The second-order valence-corrected chi connectivity index (χ2v) is 5.66. The van der Waals surface area contributed by atoms with Crippen LogP contribution in [0.3, 0.4) is 0 Å². The zero-order chi connectivity index (χ0) is 16.2. The van der Waals surface area contributed by atoms with Crippen molar-refractivity contribution in [2.75, 3.05) is 12.5 Å². The summed E-state index contributed by atoms with van der Waals surface area (Å²) in [5.41, 5.74) is 3.91. The number of anilines is 1. The van der Waals surface area contributed by atoms with Gasteiger partial charge in [0.1, 0.15) is 10.1 Å². The van der Waals surface area contributed by atoms with E-state index in [1.54, 1.807) is 12.1 Å². The van der Waals surface area contributed by atoms with Gasteiger partial charge in [0.15, 0.2) is 11.5 Å². The summed E-state index contributed by atoms with van der Waals surface area (Å²) in [6.07, 6.45) is 1.50. The van der Waals surface area contributed by atoms with Gasteiger partial charge >= 0.3 is 0 Å². The Morgan fingerprint density at radius 1 is 1.23 bits per heavy atom. The molecule has 2 aromatic carbocycles. The molecule has 0 aliphatic carbocycles. The summed E-state index contributed by atoms with van der Waals surface area (Å²) < 4.78 is 37.4. The number of hydrogen-bond donors (Lipinski definition) is 2. The third-order valence-corrected chi connectivity index (χ3v) is 3.60. The molecule has 0 saturated carbocycles. The van der Waals surface area contributed by atoms with Crippen molar-refractivity contribution >= 4 is 22.0 Å². The maximum atomic E-state index is 10.8. The highest BCUT2D eigenvalue weighted by Gasteiger charge is 2.01. The Morgan fingerprint density at radius 2 is 1.91 bits per heavy atom. The highest BCUT2D eigenvalue weighted by molar-refractivity contribution is 7.85. The summed E-state index contributed by atoms with van der Waals surface area (Å²) in [5.74, 6) is 0.357. The molecule has 0 atom stereocenters. The second kappa shape index (κ2) is 6.46. The molecular weight excluding hydrogens is 308 g/mol. The molecule has 0 aliphatic heterocycles. The van der Waals surface area contributed by atoms with Crippen LogP contribution in [0.2, 0.25) is 0 Å². The fourth-order valence-corrected chi connectivity index (χ4v) is 2.12. The second-order valence-electron chi connectivity index (χ2n) is 4.28. The Kier molecular flexibility index (Phi) is 4.64. The van der Waals surface area contributed by atoms with Crippen molar-refractivity contribution < 1.29 is 22.8 Å². The predicted octanol–water partition coefficient (Wildman–Crippen LogP) is 1.75. The van der Waals surface area contributed by atoms with Crippen LogP contribution >= 0.6 is 0 Å². The van der Waals surface area contributed by atoms with Gasteiger partial charge in [-0.2, -0.15) is 5.10 Å². The van der Waals surface area contributed by atoms with Crippen LogP contribution in [-0.4, -0.2) is 31.4 Å². The van der Waals surface area contributed by atoms with Crippen molar-refractivity contribution in [1.82, 2.24) is 0 Å². The average molecular weight is 321 g/mol. The zero-order valence-electron chi connectivity index (χ0n) is 11.6. The van der Waals surface area contributed by atoms with Crippen molar-refractivity contribution in [3.8, 4) is 11.5 Å². The number of nitrogens with zero attached hydrogens (tertiary/aromatic N) is 1. The zero-order valence-corrected chi connectivity index (χ0v) is 12.4. The van der Waals surface area contributed by atoms with E-state index in [2.05, 4.69) is 10.5 Å². The average Bonchev–Trinajstić information content (AvgIpc) is 2.48. The van der Waals surface area contributed by atoms with E-state index < -0.39 is 10.1 Å². The molecule has 0 aliphatic rings. The lowest BCUT2D eigenvalue weighted by molar-refractivity contribution is 0.373. The van der Waals surface area contributed by atoms with E-state index in [1.165, 1.54) is 43.7 Å². The Bertz CT molecular complexity index is 785. The van der Waals surface area contributed by atoms with Crippen LogP contribution in [0, 0.1) is 0 Å². The summed E-state index contributed by atoms with van der Waals surface area (Å²) in [5, 5.41) is 13.4. The van der Waals surface area contributed by atoms with Crippen molar-refractivity contribution in [3.05, 3.63) is 48.0 Å². The van der Waals surface area contributed by atoms with Gasteiger partial charge in [0.05, 0.1) is 23.9 Å². The number of rotatable bonds is 5. The van der Waals surface area contributed by atoms with Crippen molar-refractivity contribution in [1.29, 1.82) is 0 Å². The van der Waals surface area contributed by atoms with Crippen LogP contribution in [0.5, 0.6) is 11.5 Å². The van der Waals surface area contributed by atoms with Gasteiger partial charge in [0.25, 0.3) is 0 Å². The Labute approximate surface area is 127 Å². The minimum atomic E-state index is -4.45. The molecule has 0 saturated heterocycles. The number of aromatic hydroxyl groups is 1. The Morgan fingerprint density at radius 3 is 2.50 bits per heavy atom. The van der Waals surface area contributed by atoms with E-state index in [1.807, 2.05) is 0 Å². The lowest BCUT2D eigenvalue weighted by Gasteiger charge is -2.07. The SMILES string of the molecule is COc1cc(/C=N/Nc2ccc(S(=O)(=O)[O-])cc2)ccc1O. The van der Waals surface area contributed by atoms with Gasteiger partial charge in [-0.15, -0.1) is 0 Å². The highest BCUT2D eigenvalue weighted by atomic mass is 32.2. The number of phenolic OH excluding ortho intramolecular Hbond substituents is 1. The number of hydrogen-bond acceptors (Lipinski definition) is 7. The minimum Gasteiger partial charge on any atom is -0.744 e. The van der Waals surface area contributed by atoms with Crippen LogP contribution in [0.15, 0.2) is 52.5 Å². The molecule has 7 nitrogen and oxygen atoms in total. The summed E-state index contributed by atoms with van der Waals surface area (Å²) in [7, 11) is -3.00. The molecule has 0 spiro atoms. The van der Waals surface area contributed by atoms with E-state index in [0.29, 0.717) is 17.0 Å². The fraction of sp³-hybridized carbons (Fsp3) is 0.0714. The Hall–Kier alpha value is -2.58. The molecule has 2 aromatic rings. The molecule has 0 unspecified atom stereocenters. The van der Waals surface area contributed by atoms with Gasteiger partial charge in [-0.25, -0.2) is 8.42 Å². The number of methoxy groups -OCH3 is 1. The molecular formula is C14H13N2O5S-. The Balaban J connectivity index is 2.06. The molecule has 22 heavy (non-hydrogen) atoms. The minimum absolute atomic E-state index is 0.0296. The molecule has 0 aromatic heterocycles. The first-order chi connectivity index (χ1) is 10.4. The third-order valence-electron chi connectivity index (χ3n) is 2.75. The monoisotopic (exact) mass is 321 g/mol. The van der Waals surface area contributed by atoms with Crippen molar-refractivity contribution in [3.63, 3.8) is 0 Å². The van der Waals surface area contributed by atoms with Gasteiger partial charge in [-0.05, 0) is 48.0 Å². The molecule has 0 bridgehead atoms. The molecule has 2 N–H and O–H groups in total. The molecule has 0 amide bonds. The standard InChI is InChI=1S/C14H14N2O5S/c1-21-14-8-10(2-7-13(14)17)9-15-16-11-3-5-12(6-4-11)22(18,19)20/h2-9,16-17H,1H3,(H,18,19,20)/p-1/b15-9+. The third kappa shape index (κ3) is 3.96. The molecule has 0 radical (unpaired) electrons. The van der Waals surface area contributed by atoms with E-state index in [0.717, 1.165) is 0 Å². The molecule has 8 heteroatoms. The fourth-order valence-electron chi connectivity index (χ4n) is 1.65. The van der Waals surface area contributed by atoms with Gasteiger partial charge in [0, 0.05) is 0 Å². The highest BCUT2D eigenvalue weighted by Crippen LogP contribution is 2.25. The number of benzene rings is 2. The normalized spacial score (nSPS) is 11.5. The summed E-state index contributed by atoms with van der Waals surface area (Å²) in [4.78, 5) is -0.301. The smallest absolute Gasteiger partial charge is 0.161 e. The van der Waals surface area contributed by atoms with E-state index in [4.69, 9.17) is 4.74 Å². The lowest BCUT2D eigenvalue weighted by atomic mass is 10.2. The first-order valence-corrected chi connectivity index (χ1v) is 7.53. The topological polar surface area (TPSA) is 111 Å². The van der Waals surface area contributed by atoms with Crippen molar-refractivity contribution in [2.45, 2.75) is 4.90 Å². The van der Waals surface area contributed by atoms with Gasteiger partial charge < -0.3 is 14.4 Å². The molecule has 0 heterocycles. The maximum Gasteiger partial charge on any atom is 0.161 e. The van der Waals surface area contributed by atoms with Gasteiger partial charge in [-0.3, -0.25) is 5.43 Å². The first kappa shape index (κ1) is 15.8. The van der Waals surface area contributed by atoms with Gasteiger partial charge in [0.2, 0.25) is 0 Å². The largest absolute Gasteiger partial charge is 0.744 e. The number of nitrogens with one attached hydrogen (secondary N) is 1. The molecule has 2 rings (SSSR count). The van der Waals surface area contributed by atoms with E-state index in [9.17, 15) is 18.1 Å². The molecule has 0 fully saturated rings. The first-order valence-electron chi connectivity index (χ1n) is 6.12. The predicted molar refractivity (Wildman–Crippen MR) is 80.3 cm³/mol. The lowest BCUT2D eigenvalue weighted by Crippen LogP contribution is -1.98.